The first-order valence-corrected chi connectivity index (χ1v) is 7.18. The third kappa shape index (κ3) is 2.37. The summed E-state index contributed by atoms with van der Waals surface area (Å²) in [6, 6.07) is 0. The van der Waals surface area contributed by atoms with Crippen LogP contribution in [0.3, 0.4) is 0 Å². The van der Waals surface area contributed by atoms with Gasteiger partial charge in [0.05, 0.1) is 11.9 Å². The van der Waals surface area contributed by atoms with Gasteiger partial charge < -0.3 is 5.11 Å². The Hall–Kier alpha value is -2.36. The monoisotopic (exact) mass is 299 g/mol. The number of aromatic nitrogens is 4. The molecule has 0 aliphatic heterocycles. The number of hydrogen-bond acceptors (Lipinski definition) is 5. The van der Waals surface area contributed by atoms with Crippen LogP contribution < -0.4 is 4.72 Å². The second-order valence-corrected chi connectivity index (χ2v) is 5.68. The topological polar surface area (TPSA) is 141 Å². The predicted octanol–water partition coefficient (Wildman–Crippen LogP) is 0.503. The molecular weight excluding hydrogens is 286 g/mol. The number of rotatable bonds is 5. The van der Waals surface area contributed by atoms with Gasteiger partial charge in [0.15, 0.2) is 5.69 Å². The maximum absolute atomic E-state index is 12.3. The highest BCUT2D eigenvalue weighted by atomic mass is 32.2. The molecule has 0 spiro atoms. The number of sulfonamides is 1. The second-order valence-electron chi connectivity index (χ2n) is 4.06. The summed E-state index contributed by atoms with van der Waals surface area (Å²) < 4.78 is 26.9. The van der Waals surface area contributed by atoms with Crippen LogP contribution in [0.15, 0.2) is 11.1 Å². The lowest BCUT2D eigenvalue weighted by Gasteiger charge is -2.07. The van der Waals surface area contributed by atoms with Crippen LogP contribution in [-0.4, -0.2) is 39.9 Å². The summed E-state index contributed by atoms with van der Waals surface area (Å²) in [5, 5.41) is 21.1. The lowest BCUT2D eigenvalue weighted by Crippen LogP contribution is -2.18. The molecule has 0 aliphatic rings. The van der Waals surface area contributed by atoms with Gasteiger partial charge in [0.2, 0.25) is 0 Å². The molecule has 0 aromatic carbocycles. The van der Waals surface area contributed by atoms with Crippen molar-refractivity contribution in [1.29, 1.82) is 0 Å². The van der Waals surface area contributed by atoms with E-state index in [2.05, 4.69) is 25.1 Å². The van der Waals surface area contributed by atoms with Crippen molar-refractivity contribution in [2.45, 2.75) is 25.2 Å². The SMILES string of the molecule is CCc1cn[nH]c1NS(=O)(=O)c1c(C(=O)O)n[nH]c1C. The molecule has 0 saturated carbocycles. The molecule has 2 aromatic heterocycles. The summed E-state index contributed by atoms with van der Waals surface area (Å²) in [6.45, 7) is 3.27. The Labute approximate surface area is 114 Å². The fourth-order valence-electron chi connectivity index (χ4n) is 1.75. The van der Waals surface area contributed by atoms with Gasteiger partial charge >= 0.3 is 5.97 Å². The maximum Gasteiger partial charge on any atom is 0.357 e. The first-order valence-electron chi connectivity index (χ1n) is 5.70. The standard InChI is InChI=1S/C10H13N5O4S/c1-3-6-4-11-14-9(6)15-20(18,19)8-5(2)12-13-7(8)10(16)17/h4H,3H2,1-2H3,(H,12,13)(H,16,17)(H2,11,14,15). The van der Waals surface area contributed by atoms with E-state index in [4.69, 9.17) is 5.11 Å². The number of aromatic carboxylic acids is 1. The fourth-order valence-corrected chi connectivity index (χ4v) is 3.13. The molecule has 0 unspecified atom stereocenters. The Balaban J connectivity index is 2.46. The third-order valence-corrected chi connectivity index (χ3v) is 4.21. The molecule has 10 heteroatoms. The molecule has 0 atom stereocenters. The highest BCUT2D eigenvalue weighted by Crippen LogP contribution is 2.22. The Morgan fingerprint density at radius 2 is 2.15 bits per heavy atom. The van der Waals surface area contributed by atoms with Gasteiger partial charge in [0, 0.05) is 5.56 Å². The molecule has 0 bridgehead atoms. The average Bonchev–Trinajstić information content (AvgIpc) is 2.94. The van der Waals surface area contributed by atoms with Gasteiger partial charge in [0.1, 0.15) is 10.7 Å². The molecule has 4 N–H and O–H groups in total. The highest BCUT2D eigenvalue weighted by molar-refractivity contribution is 7.92. The number of carboxylic acid groups (broad SMARTS) is 1. The minimum absolute atomic E-state index is 0.146. The van der Waals surface area contributed by atoms with Crippen molar-refractivity contribution in [3.05, 3.63) is 23.1 Å². The number of aryl methyl sites for hydroxylation is 2. The largest absolute Gasteiger partial charge is 0.476 e. The highest BCUT2D eigenvalue weighted by Gasteiger charge is 2.29. The molecule has 0 radical (unpaired) electrons. The van der Waals surface area contributed by atoms with E-state index < -0.39 is 21.7 Å². The number of nitrogens with one attached hydrogen (secondary N) is 3. The number of aromatic amines is 2. The lowest BCUT2D eigenvalue weighted by molar-refractivity contribution is 0.0686. The zero-order valence-corrected chi connectivity index (χ0v) is 11.6. The van der Waals surface area contributed by atoms with Gasteiger partial charge in [-0.25, -0.2) is 13.2 Å². The van der Waals surface area contributed by atoms with Crippen LogP contribution in [0, 0.1) is 6.92 Å². The van der Waals surface area contributed by atoms with E-state index >= 15 is 0 Å². The molecule has 0 aliphatic carbocycles. The van der Waals surface area contributed by atoms with Crippen LogP contribution in [-0.2, 0) is 16.4 Å². The molecular formula is C10H13N5O4S. The number of anilines is 1. The summed E-state index contributed by atoms with van der Waals surface area (Å²) in [5.74, 6) is -1.21. The summed E-state index contributed by atoms with van der Waals surface area (Å²) in [4.78, 5) is 10.6. The number of carboxylic acids is 1. The van der Waals surface area contributed by atoms with Crippen molar-refractivity contribution < 1.29 is 18.3 Å². The molecule has 0 saturated heterocycles. The zero-order chi connectivity index (χ0) is 14.9. The summed E-state index contributed by atoms with van der Waals surface area (Å²) in [5.41, 5.74) is 0.270. The summed E-state index contributed by atoms with van der Waals surface area (Å²) in [6.07, 6.45) is 2.07. The van der Waals surface area contributed by atoms with Gasteiger partial charge in [0.25, 0.3) is 10.0 Å². The molecule has 0 fully saturated rings. The van der Waals surface area contributed by atoms with E-state index in [1.807, 2.05) is 6.92 Å². The summed E-state index contributed by atoms with van der Waals surface area (Å²) in [7, 11) is -4.07. The van der Waals surface area contributed by atoms with Crippen molar-refractivity contribution in [2.75, 3.05) is 4.72 Å². The molecule has 2 rings (SSSR count). The van der Waals surface area contributed by atoms with Gasteiger partial charge in [-0.05, 0) is 13.3 Å². The van der Waals surface area contributed by atoms with E-state index in [0.29, 0.717) is 12.0 Å². The minimum atomic E-state index is -4.07. The van der Waals surface area contributed by atoms with Gasteiger partial charge in [-0.2, -0.15) is 10.2 Å². The van der Waals surface area contributed by atoms with Crippen LogP contribution in [0.1, 0.15) is 28.7 Å². The molecule has 2 aromatic rings. The second kappa shape index (κ2) is 4.96. The first kappa shape index (κ1) is 14.1. The van der Waals surface area contributed by atoms with E-state index in [1.165, 1.54) is 13.1 Å². The zero-order valence-electron chi connectivity index (χ0n) is 10.8. The maximum atomic E-state index is 12.3. The van der Waals surface area contributed by atoms with Crippen molar-refractivity contribution in [1.82, 2.24) is 20.4 Å². The van der Waals surface area contributed by atoms with Crippen molar-refractivity contribution in [2.24, 2.45) is 0 Å². The van der Waals surface area contributed by atoms with Crippen LogP contribution in [0.25, 0.3) is 0 Å². The van der Waals surface area contributed by atoms with Crippen LogP contribution in [0.4, 0.5) is 5.82 Å². The number of carbonyl (C=O) groups is 1. The van der Waals surface area contributed by atoms with Gasteiger partial charge in [-0.1, -0.05) is 6.92 Å². The lowest BCUT2D eigenvalue weighted by atomic mass is 10.3. The van der Waals surface area contributed by atoms with Crippen LogP contribution >= 0.6 is 0 Å². The van der Waals surface area contributed by atoms with Gasteiger partial charge in [-0.3, -0.25) is 14.9 Å². The normalized spacial score (nSPS) is 11.5. The molecule has 108 valence electrons. The minimum Gasteiger partial charge on any atom is -0.476 e. The van der Waals surface area contributed by atoms with E-state index in [1.54, 1.807) is 0 Å². The Morgan fingerprint density at radius 3 is 2.75 bits per heavy atom. The number of H-pyrrole nitrogens is 2. The molecule has 0 amide bonds. The fraction of sp³-hybridized carbons (Fsp3) is 0.300. The van der Waals surface area contributed by atoms with Gasteiger partial charge in [-0.15, -0.1) is 0 Å². The Bertz CT molecular complexity index is 746. The Kier molecular flexibility index (Phi) is 3.49. The molecule has 20 heavy (non-hydrogen) atoms. The smallest absolute Gasteiger partial charge is 0.357 e. The summed E-state index contributed by atoms with van der Waals surface area (Å²) >= 11 is 0. The predicted molar refractivity (Wildman–Crippen MR) is 69.1 cm³/mol. The van der Waals surface area contributed by atoms with Crippen molar-refractivity contribution in [3.8, 4) is 0 Å². The van der Waals surface area contributed by atoms with E-state index in [-0.39, 0.29) is 16.4 Å². The Morgan fingerprint density at radius 1 is 1.45 bits per heavy atom. The van der Waals surface area contributed by atoms with Crippen LogP contribution in [0.2, 0.25) is 0 Å². The van der Waals surface area contributed by atoms with Crippen molar-refractivity contribution >= 4 is 21.8 Å². The first-order chi connectivity index (χ1) is 9.36. The van der Waals surface area contributed by atoms with Crippen molar-refractivity contribution in [3.63, 3.8) is 0 Å². The molecule has 2 heterocycles. The van der Waals surface area contributed by atoms with E-state index in [0.717, 1.165) is 0 Å². The van der Waals surface area contributed by atoms with E-state index in [9.17, 15) is 13.2 Å². The third-order valence-electron chi connectivity index (χ3n) is 2.70. The average molecular weight is 299 g/mol. The van der Waals surface area contributed by atoms with Crippen LogP contribution in [0.5, 0.6) is 0 Å². The molecule has 9 nitrogen and oxygen atoms in total. The number of nitrogens with zero attached hydrogens (tertiary/aromatic N) is 2. The number of hydrogen-bond donors (Lipinski definition) is 4. The quantitative estimate of drug-likeness (QED) is 0.633.